The van der Waals surface area contributed by atoms with Crippen LogP contribution in [0.15, 0.2) is 24.3 Å². The maximum absolute atomic E-state index is 12.6. The number of aliphatic hydroxyl groups excluding tert-OH is 2. The Morgan fingerprint density at radius 2 is 1.92 bits per heavy atom. The third-order valence-corrected chi connectivity index (χ3v) is 6.44. The van der Waals surface area contributed by atoms with Crippen LogP contribution in [0.4, 0.5) is 0 Å². The van der Waals surface area contributed by atoms with Crippen molar-refractivity contribution < 1.29 is 38.1 Å². The Morgan fingerprint density at radius 1 is 1.25 bits per heavy atom. The molecule has 1 aromatic carbocycles. The lowest BCUT2D eigenvalue weighted by atomic mass is 10.1. The van der Waals surface area contributed by atoms with Crippen LogP contribution in [0.2, 0.25) is 0 Å². The van der Waals surface area contributed by atoms with E-state index in [1.54, 1.807) is 24.3 Å². The van der Waals surface area contributed by atoms with Crippen LogP contribution in [0.25, 0.3) is 0 Å². The summed E-state index contributed by atoms with van der Waals surface area (Å²) in [5.74, 6) is -0.174. The molecule has 0 aliphatic rings. The van der Waals surface area contributed by atoms with Gasteiger partial charge in [0.05, 0.1) is 32.5 Å². The van der Waals surface area contributed by atoms with Gasteiger partial charge in [0.15, 0.2) is 6.29 Å². The maximum atomic E-state index is 12.6. The smallest absolute Gasteiger partial charge is 0.391 e. The van der Waals surface area contributed by atoms with Crippen LogP contribution >= 0.6 is 18.2 Å². The van der Waals surface area contributed by atoms with E-state index in [0.717, 1.165) is 16.9 Å². The third-order valence-electron chi connectivity index (χ3n) is 2.76. The number of hydrogen-bond acceptors (Lipinski definition) is 9. The molecule has 0 aliphatic carbocycles. The van der Waals surface area contributed by atoms with Crippen molar-refractivity contribution in [1.29, 1.82) is 0 Å². The molecule has 136 valence electrons. The van der Waals surface area contributed by atoms with Crippen molar-refractivity contribution >= 4 is 24.1 Å². The van der Waals surface area contributed by atoms with Crippen LogP contribution < -0.4 is 0 Å². The molecule has 24 heavy (non-hydrogen) atoms. The number of methoxy groups -OCH3 is 2. The molecule has 0 radical (unpaired) electrons. The first-order chi connectivity index (χ1) is 11.5. The van der Waals surface area contributed by atoms with Gasteiger partial charge in [-0.2, -0.15) is 0 Å². The molecule has 0 aliphatic heterocycles. The molecule has 0 aromatic heterocycles. The summed E-state index contributed by atoms with van der Waals surface area (Å²) in [5.41, 5.74) is 1.18. The van der Waals surface area contributed by atoms with Crippen molar-refractivity contribution in [3.8, 4) is 0 Å². The maximum Gasteiger partial charge on any atom is 0.391 e. The molecule has 0 spiro atoms. The lowest BCUT2D eigenvalue weighted by molar-refractivity contribution is -0.0884. The van der Waals surface area contributed by atoms with E-state index in [0.29, 0.717) is 5.56 Å². The van der Waals surface area contributed by atoms with Crippen LogP contribution in [-0.4, -0.2) is 56.5 Å². The zero-order chi connectivity index (χ0) is 18.0. The molecular formula is C14H21O8PS. The van der Waals surface area contributed by atoms with Gasteiger partial charge in [-0.1, -0.05) is 12.1 Å². The van der Waals surface area contributed by atoms with Gasteiger partial charge >= 0.3 is 12.8 Å². The van der Waals surface area contributed by atoms with E-state index in [2.05, 4.69) is 4.74 Å². The molecular weight excluding hydrogens is 359 g/mol. The minimum atomic E-state index is -3.65. The highest BCUT2D eigenvalue weighted by molar-refractivity contribution is 8.54. The molecule has 2 N–H and O–H groups in total. The van der Waals surface area contributed by atoms with E-state index in [-0.39, 0.29) is 19.0 Å². The molecule has 0 amide bonds. The monoisotopic (exact) mass is 380 g/mol. The highest BCUT2D eigenvalue weighted by Gasteiger charge is 2.30. The summed E-state index contributed by atoms with van der Waals surface area (Å²) >= 11 is 0.889. The summed E-state index contributed by atoms with van der Waals surface area (Å²) in [6, 6.07) is 6.56. The Labute approximate surface area is 144 Å². The van der Waals surface area contributed by atoms with Gasteiger partial charge in [0.25, 0.3) is 0 Å². The summed E-state index contributed by atoms with van der Waals surface area (Å²) in [7, 11) is 2.60. The van der Waals surface area contributed by atoms with E-state index < -0.39 is 25.7 Å². The number of ether oxygens (including phenoxy) is 2. The largest absolute Gasteiger partial charge is 0.465 e. The van der Waals surface area contributed by atoms with Crippen molar-refractivity contribution in [1.82, 2.24) is 0 Å². The van der Waals surface area contributed by atoms with Crippen molar-refractivity contribution in [3.63, 3.8) is 0 Å². The fraction of sp³-hybridized carbons (Fsp3) is 0.500. The Kier molecular flexibility index (Phi) is 9.53. The van der Waals surface area contributed by atoms with Crippen molar-refractivity contribution in [2.24, 2.45) is 0 Å². The first kappa shape index (κ1) is 21.1. The fourth-order valence-electron chi connectivity index (χ4n) is 1.55. The average Bonchev–Trinajstić information content (AvgIpc) is 2.62. The highest BCUT2D eigenvalue weighted by Crippen LogP contribution is 2.62. The van der Waals surface area contributed by atoms with Crippen LogP contribution in [-0.2, 0) is 28.8 Å². The Morgan fingerprint density at radius 3 is 2.42 bits per heavy atom. The van der Waals surface area contributed by atoms with Crippen molar-refractivity contribution in [2.45, 2.75) is 12.0 Å². The molecule has 2 unspecified atom stereocenters. The van der Waals surface area contributed by atoms with E-state index >= 15 is 0 Å². The molecule has 2 atom stereocenters. The van der Waals surface area contributed by atoms with Gasteiger partial charge in [-0.05, 0) is 29.1 Å². The van der Waals surface area contributed by atoms with Gasteiger partial charge in [-0.15, -0.1) is 0 Å². The predicted molar refractivity (Wildman–Crippen MR) is 88.7 cm³/mol. The van der Waals surface area contributed by atoms with Crippen LogP contribution in [0, 0.1) is 0 Å². The lowest BCUT2D eigenvalue weighted by Gasteiger charge is -2.21. The topological polar surface area (TPSA) is 112 Å². The van der Waals surface area contributed by atoms with E-state index in [9.17, 15) is 9.36 Å². The zero-order valence-corrected chi connectivity index (χ0v) is 15.1. The fourth-order valence-corrected chi connectivity index (χ4v) is 4.84. The second kappa shape index (κ2) is 10.8. The summed E-state index contributed by atoms with van der Waals surface area (Å²) < 4.78 is 32.4. The van der Waals surface area contributed by atoms with Crippen LogP contribution in [0.1, 0.15) is 15.9 Å². The summed E-state index contributed by atoms with van der Waals surface area (Å²) in [5, 5.41) is 17.9. The van der Waals surface area contributed by atoms with Gasteiger partial charge in [-0.3, -0.25) is 9.05 Å². The van der Waals surface area contributed by atoms with E-state index in [4.69, 9.17) is 24.0 Å². The molecule has 0 bridgehead atoms. The minimum absolute atomic E-state index is 0.173. The highest BCUT2D eigenvalue weighted by atomic mass is 32.7. The molecule has 1 aromatic rings. The molecule has 0 saturated heterocycles. The quantitative estimate of drug-likeness (QED) is 0.337. The van der Waals surface area contributed by atoms with Crippen molar-refractivity contribution in [2.75, 3.05) is 34.0 Å². The van der Waals surface area contributed by atoms with Gasteiger partial charge in [0, 0.05) is 12.9 Å². The molecule has 8 nitrogen and oxygen atoms in total. The summed E-state index contributed by atoms with van der Waals surface area (Å²) in [6.07, 6.45) is -1.09. The van der Waals surface area contributed by atoms with Crippen LogP contribution in [0.3, 0.4) is 0 Å². The van der Waals surface area contributed by atoms with Gasteiger partial charge in [0.2, 0.25) is 0 Å². The lowest BCUT2D eigenvalue weighted by Crippen LogP contribution is -2.18. The molecule has 10 heteroatoms. The zero-order valence-electron chi connectivity index (χ0n) is 13.4. The van der Waals surface area contributed by atoms with Gasteiger partial charge in [-0.25, -0.2) is 9.36 Å². The standard InChI is InChI=1S/C14H21O8PS/c1-19-13(9-16)22-23(18,21-8-7-15)24-10-11-3-5-12(6-4-11)14(17)20-2/h3-6,13,15-16H,7-10H2,1-2H3. The van der Waals surface area contributed by atoms with E-state index in [1.807, 2.05) is 0 Å². The Balaban J connectivity index is 2.73. The van der Waals surface area contributed by atoms with Gasteiger partial charge in [0.1, 0.15) is 0 Å². The van der Waals surface area contributed by atoms with Crippen molar-refractivity contribution in [3.05, 3.63) is 35.4 Å². The molecule has 1 rings (SSSR count). The number of carbonyl (C=O) groups is 1. The van der Waals surface area contributed by atoms with E-state index in [1.165, 1.54) is 14.2 Å². The normalized spacial score (nSPS) is 14.8. The van der Waals surface area contributed by atoms with Crippen LogP contribution in [0.5, 0.6) is 0 Å². The average molecular weight is 380 g/mol. The summed E-state index contributed by atoms with van der Waals surface area (Å²) in [6.45, 7) is -4.63. The minimum Gasteiger partial charge on any atom is -0.465 e. The predicted octanol–water partition coefficient (Wildman–Crippen LogP) is 1.80. The number of esters is 1. The Bertz CT molecular complexity index is 546. The molecule has 0 fully saturated rings. The summed E-state index contributed by atoms with van der Waals surface area (Å²) in [4.78, 5) is 11.4. The number of benzene rings is 1. The third kappa shape index (κ3) is 6.90. The Hall–Kier alpha value is -0.930. The number of aliphatic hydroxyl groups is 2. The second-order valence-electron chi connectivity index (χ2n) is 4.42. The number of rotatable bonds is 11. The molecule has 0 heterocycles. The van der Waals surface area contributed by atoms with Gasteiger partial charge < -0.3 is 19.7 Å². The molecule has 0 saturated carbocycles. The SMILES string of the molecule is COC(=O)c1ccc(CSP(=O)(OCCO)OC(CO)OC)cc1. The number of carbonyl (C=O) groups excluding carboxylic acids is 1. The number of hydrogen-bond donors (Lipinski definition) is 2. The second-order valence-corrected chi connectivity index (χ2v) is 8.45. The first-order valence-corrected chi connectivity index (χ1v) is 10.1. The first-order valence-electron chi connectivity index (χ1n) is 6.97.